The summed E-state index contributed by atoms with van der Waals surface area (Å²) in [5.41, 5.74) is 1.18. The maximum atomic E-state index is 12.0. The molecule has 0 fully saturated rings. The molecule has 2 nitrogen and oxygen atoms in total. The standard InChI is InChI=1S/C11H10F3NO/c1-7(2)8-5-3-4-6-9(8)15-10(16)11(12,13)14/h3-6H,1H2,2H3,(H,15,16). The van der Waals surface area contributed by atoms with E-state index < -0.39 is 12.1 Å². The molecule has 0 saturated heterocycles. The van der Waals surface area contributed by atoms with E-state index >= 15 is 0 Å². The zero-order valence-electron chi connectivity index (χ0n) is 8.56. The second-order valence-corrected chi connectivity index (χ2v) is 3.28. The first kappa shape index (κ1) is 12.3. The van der Waals surface area contributed by atoms with Crippen molar-refractivity contribution in [3.05, 3.63) is 36.4 Å². The molecule has 0 unspecified atom stereocenters. The van der Waals surface area contributed by atoms with Crippen molar-refractivity contribution in [2.45, 2.75) is 13.1 Å². The van der Waals surface area contributed by atoms with Gasteiger partial charge in [0.1, 0.15) is 0 Å². The lowest BCUT2D eigenvalue weighted by atomic mass is 10.1. The summed E-state index contributed by atoms with van der Waals surface area (Å²) in [4.78, 5) is 10.7. The second-order valence-electron chi connectivity index (χ2n) is 3.28. The summed E-state index contributed by atoms with van der Waals surface area (Å²) in [6.07, 6.45) is -4.89. The Morgan fingerprint density at radius 2 is 1.88 bits per heavy atom. The average molecular weight is 229 g/mol. The van der Waals surface area contributed by atoms with Gasteiger partial charge in [-0.05, 0) is 18.6 Å². The highest BCUT2D eigenvalue weighted by molar-refractivity contribution is 5.97. The fourth-order valence-corrected chi connectivity index (χ4v) is 1.16. The predicted molar refractivity (Wildman–Crippen MR) is 55.8 cm³/mol. The number of nitrogens with one attached hydrogen (secondary N) is 1. The number of carbonyl (C=O) groups is 1. The van der Waals surface area contributed by atoms with Gasteiger partial charge < -0.3 is 5.32 Å². The Morgan fingerprint density at radius 1 is 1.31 bits per heavy atom. The van der Waals surface area contributed by atoms with Crippen LogP contribution in [-0.2, 0) is 4.79 Å². The first-order valence-corrected chi connectivity index (χ1v) is 4.45. The van der Waals surface area contributed by atoms with Crippen LogP contribution >= 0.6 is 0 Å². The second kappa shape index (κ2) is 4.38. The molecule has 0 aliphatic rings. The Bertz CT molecular complexity index is 423. The molecule has 1 N–H and O–H groups in total. The normalized spacial score (nSPS) is 11.0. The maximum Gasteiger partial charge on any atom is 0.471 e. The Kier molecular flexibility index (Phi) is 3.37. The van der Waals surface area contributed by atoms with Gasteiger partial charge in [-0.1, -0.05) is 24.8 Å². The topological polar surface area (TPSA) is 29.1 Å². The van der Waals surface area contributed by atoms with Crippen LogP contribution < -0.4 is 5.32 Å². The van der Waals surface area contributed by atoms with Gasteiger partial charge >= 0.3 is 12.1 Å². The summed E-state index contributed by atoms with van der Waals surface area (Å²) >= 11 is 0. The van der Waals surface area contributed by atoms with Crippen molar-refractivity contribution in [1.82, 2.24) is 0 Å². The summed E-state index contributed by atoms with van der Waals surface area (Å²) in [6.45, 7) is 5.27. The van der Waals surface area contributed by atoms with E-state index in [1.54, 1.807) is 25.1 Å². The van der Waals surface area contributed by atoms with Crippen molar-refractivity contribution in [1.29, 1.82) is 0 Å². The van der Waals surface area contributed by atoms with E-state index in [2.05, 4.69) is 6.58 Å². The maximum absolute atomic E-state index is 12.0. The molecule has 0 aliphatic heterocycles. The smallest absolute Gasteiger partial charge is 0.318 e. The Balaban J connectivity index is 2.98. The van der Waals surface area contributed by atoms with Gasteiger partial charge in [0.15, 0.2) is 0 Å². The van der Waals surface area contributed by atoms with Crippen LogP contribution in [0.3, 0.4) is 0 Å². The van der Waals surface area contributed by atoms with Crippen LogP contribution in [0.5, 0.6) is 0 Å². The number of allylic oxidation sites excluding steroid dienone is 1. The number of para-hydroxylation sites is 1. The number of benzene rings is 1. The van der Waals surface area contributed by atoms with Crippen molar-refractivity contribution in [3.8, 4) is 0 Å². The van der Waals surface area contributed by atoms with E-state index in [0.29, 0.717) is 11.1 Å². The molecule has 0 aromatic heterocycles. The lowest BCUT2D eigenvalue weighted by Gasteiger charge is -2.11. The lowest BCUT2D eigenvalue weighted by molar-refractivity contribution is -0.167. The van der Waals surface area contributed by atoms with E-state index in [1.807, 2.05) is 5.32 Å². The fourth-order valence-electron chi connectivity index (χ4n) is 1.16. The fraction of sp³-hybridized carbons (Fsp3) is 0.182. The van der Waals surface area contributed by atoms with Crippen LogP contribution in [0, 0.1) is 0 Å². The SMILES string of the molecule is C=C(C)c1ccccc1NC(=O)C(F)(F)F. The molecule has 1 aromatic carbocycles. The minimum Gasteiger partial charge on any atom is -0.318 e. The zero-order chi connectivity index (χ0) is 12.3. The van der Waals surface area contributed by atoms with E-state index in [4.69, 9.17) is 0 Å². The number of hydrogen-bond acceptors (Lipinski definition) is 1. The molecular formula is C11H10F3NO. The highest BCUT2D eigenvalue weighted by Crippen LogP contribution is 2.24. The molecule has 1 rings (SSSR count). The first-order valence-electron chi connectivity index (χ1n) is 4.45. The van der Waals surface area contributed by atoms with Crippen LogP contribution in [0.25, 0.3) is 5.57 Å². The van der Waals surface area contributed by atoms with Gasteiger partial charge in [0.05, 0.1) is 0 Å². The Labute approximate surface area is 90.8 Å². The molecule has 0 heterocycles. The number of carbonyl (C=O) groups excluding carboxylic acids is 1. The van der Waals surface area contributed by atoms with Gasteiger partial charge in [0, 0.05) is 11.3 Å². The van der Waals surface area contributed by atoms with Gasteiger partial charge in [-0.3, -0.25) is 4.79 Å². The third-order valence-electron chi connectivity index (χ3n) is 1.89. The summed E-state index contributed by atoms with van der Waals surface area (Å²) in [7, 11) is 0. The number of halogens is 3. The molecule has 0 spiro atoms. The minimum atomic E-state index is -4.89. The van der Waals surface area contributed by atoms with Crippen molar-refractivity contribution in [3.63, 3.8) is 0 Å². The molecule has 0 bridgehead atoms. The van der Waals surface area contributed by atoms with Crippen molar-refractivity contribution in [2.75, 3.05) is 5.32 Å². The highest BCUT2D eigenvalue weighted by Gasteiger charge is 2.38. The van der Waals surface area contributed by atoms with Gasteiger partial charge in [-0.25, -0.2) is 0 Å². The number of amides is 1. The number of rotatable bonds is 2. The molecular weight excluding hydrogens is 219 g/mol. The predicted octanol–water partition coefficient (Wildman–Crippen LogP) is 3.22. The molecule has 0 saturated carbocycles. The summed E-state index contributed by atoms with van der Waals surface area (Å²) in [6, 6.07) is 6.19. The Morgan fingerprint density at radius 3 is 2.38 bits per heavy atom. The van der Waals surface area contributed by atoms with Crippen molar-refractivity contribution in [2.24, 2.45) is 0 Å². The van der Waals surface area contributed by atoms with E-state index in [1.165, 1.54) is 6.07 Å². The third kappa shape index (κ3) is 2.85. The molecule has 0 aliphatic carbocycles. The molecule has 16 heavy (non-hydrogen) atoms. The van der Waals surface area contributed by atoms with Gasteiger partial charge in [0.2, 0.25) is 0 Å². The van der Waals surface area contributed by atoms with Crippen LogP contribution in [0.1, 0.15) is 12.5 Å². The summed E-state index contributed by atoms with van der Waals surface area (Å²) < 4.78 is 36.1. The lowest BCUT2D eigenvalue weighted by Crippen LogP contribution is -2.30. The molecule has 0 radical (unpaired) electrons. The van der Waals surface area contributed by atoms with Gasteiger partial charge in [-0.15, -0.1) is 0 Å². The van der Waals surface area contributed by atoms with Crippen LogP contribution in [0.2, 0.25) is 0 Å². The van der Waals surface area contributed by atoms with Crippen molar-refractivity contribution < 1.29 is 18.0 Å². The third-order valence-corrected chi connectivity index (χ3v) is 1.89. The number of anilines is 1. The number of alkyl halides is 3. The summed E-state index contributed by atoms with van der Waals surface area (Å²) in [5, 5.41) is 1.81. The van der Waals surface area contributed by atoms with Crippen molar-refractivity contribution >= 4 is 17.2 Å². The average Bonchev–Trinajstić information content (AvgIpc) is 2.16. The molecule has 1 amide bonds. The first-order chi connectivity index (χ1) is 7.32. The van der Waals surface area contributed by atoms with E-state index in [9.17, 15) is 18.0 Å². The highest BCUT2D eigenvalue weighted by atomic mass is 19.4. The molecule has 5 heteroatoms. The number of hydrogen-bond donors (Lipinski definition) is 1. The minimum absolute atomic E-state index is 0.109. The van der Waals surface area contributed by atoms with Gasteiger partial charge in [0.25, 0.3) is 0 Å². The van der Waals surface area contributed by atoms with E-state index in [-0.39, 0.29) is 5.69 Å². The van der Waals surface area contributed by atoms with Crippen LogP contribution in [-0.4, -0.2) is 12.1 Å². The molecule has 0 atom stereocenters. The summed E-state index contributed by atoms with van der Waals surface area (Å²) in [5.74, 6) is -1.98. The molecule has 1 aromatic rings. The van der Waals surface area contributed by atoms with Crippen LogP contribution in [0.15, 0.2) is 30.8 Å². The monoisotopic (exact) mass is 229 g/mol. The largest absolute Gasteiger partial charge is 0.471 e. The molecule has 86 valence electrons. The van der Waals surface area contributed by atoms with Gasteiger partial charge in [-0.2, -0.15) is 13.2 Å². The zero-order valence-corrected chi connectivity index (χ0v) is 8.56. The van der Waals surface area contributed by atoms with Crippen LogP contribution in [0.4, 0.5) is 18.9 Å². The Hall–Kier alpha value is -1.78. The quantitative estimate of drug-likeness (QED) is 0.828. The van der Waals surface area contributed by atoms with E-state index in [0.717, 1.165) is 0 Å².